The summed E-state index contributed by atoms with van der Waals surface area (Å²) in [4.78, 5) is 0. The molecule has 1 N–H and O–H groups in total. The molecule has 0 saturated heterocycles. The molecule has 1 heteroatoms. The van der Waals surface area contributed by atoms with E-state index in [4.69, 9.17) is 0 Å². The van der Waals surface area contributed by atoms with Crippen LogP contribution in [0, 0.1) is 0 Å². The molecule has 0 spiro atoms. The molecule has 0 aliphatic heterocycles. The third-order valence-electron chi connectivity index (χ3n) is 4.27. The maximum absolute atomic E-state index is 3.48. The monoisotopic (exact) mass is 251 g/mol. The first-order valence-electron chi connectivity index (χ1n) is 7.21. The van der Waals surface area contributed by atoms with E-state index in [0.29, 0.717) is 6.04 Å². The maximum Gasteiger partial charge on any atom is 0.0577 e. The van der Waals surface area contributed by atoms with Crippen LogP contribution in [0.2, 0.25) is 0 Å². The molecule has 0 aromatic heterocycles. The van der Waals surface area contributed by atoms with Crippen molar-refractivity contribution in [3.8, 4) is 0 Å². The van der Waals surface area contributed by atoms with E-state index in [9.17, 15) is 0 Å². The number of benzene rings is 2. The summed E-state index contributed by atoms with van der Waals surface area (Å²) >= 11 is 0. The van der Waals surface area contributed by atoms with Crippen LogP contribution in [0.25, 0.3) is 0 Å². The molecule has 2 aromatic rings. The lowest BCUT2D eigenvalue weighted by molar-refractivity contribution is 0.415. The minimum absolute atomic E-state index is 0.304. The Kier molecular flexibility index (Phi) is 3.65. The van der Waals surface area contributed by atoms with Crippen LogP contribution in [0.3, 0.4) is 0 Å². The van der Waals surface area contributed by atoms with Gasteiger partial charge in [0.2, 0.25) is 0 Å². The van der Waals surface area contributed by atoms with Gasteiger partial charge in [0.05, 0.1) is 6.04 Å². The van der Waals surface area contributed by atoms with Crippen LogP contribution >= 0.6 is 0 Å². The highest BCUT2D eigenvalue weighted by Crippen LogP contribution is 2.40. The minimum atomic E-state index is 0.304. The first-order valence-corrected chi connectivity index (χ1v) is 7.21. The van der Waals surface area contributed by atoms with Crippen LogP contribution in [-0.2, 0) is 0 Å². The van der Waals surface area contributed by atoms with Gasteiger partial charge in [-0.05, 0) is 42.5 Å². The van der Waals surface area contributed by atoms with Gasteiger partial charge in [-0.2, -0.15) is 0 Å². The van der Waals surface area contributed by atoms with Gasteiger partial charge in [-0.1, -0.05) is 61.0 Å². The Bertz CT molecular complexity index is 528. The summed E-state index contributed by atoms with van der Waals surface area (Å²) in [5.74, 6) is 0.774. The molecule has 1 aliphatic rings. The summed E-state index contributed by atoms with van der Waals surface area (Å²) in [5.41, 5.74) is 4.33. The number of hydrogen-bond donors (Lipinski definition) is 1. The fourth-order valence-electron chi connectivity index (χ4n) is 3.01. The first kappa shape index (κ1) is 12.4. The fraction of sp³-hybridized carbons (Fsp3) is 0.333. The van der Waals surface area contributed by atoms with Gasteiger partial charge in [-0.25, -0.2) is 0 Å². The number of rotatable bonds is 4. The molecular formula is C18H21N. The Hall–Kier alpha value is -1.60. The summed E-state index contributed by atoms with van der Waals surface area (Å²) in [5, 5.41) is 3.48. The SMILES string of the molecule is CNC(c1ccccc1)c1ccccc1C1CCC1. The molecule has 0 bridgehead atoms. The summed E-state index contributed by atoms with van der Waals surface area (Å²) in [7, 11) is 2.05. The van der Waals surface area contributed by atoms with Gasteiger partial charge in [-0.15, -0.1) is 0 Å². The smallest absolute Gasteiger partial charge is 0.0577 e. The van der Waals surface area contributed by atoms with Crippen molar-refractivity contribution in [1.82, 2.24) is 5.32 Å². The predicted molar refractivity (Wildman–Crippen MR) is 80.4 cm³/mol. The van der Waals surface area contributed by atoms with Gasteiger partial charge in [-0.3, -0.25) is 0 Å². The zero-order chi connectivity index (χ0) is 13.1. The second kappa shape index (κ2) is 5.58. The predicted octanol–water partition coefficient (Wildman–Crippen LogP) is 4.26. The van der Waals surface area contributed by atoms with E-state index in [1.165, 1.54) is 36.0 Å². The molecule has 2 aromatic carbocycles. The molecular weight excluding hydrogens is 230 g/mol. The lowest BCUT2D eigenvalue weighted by Crippen LogP contribution is -2.21. The third kappa shape index (κ3) is 2.43. The molecule has 98 valence electrons. The molecule has 1 unspecified atom stereocenters. The second-order valence-corrected chi connectivity index (χ2v) is 5.39. The molecule has 1 saturated carbocycles. The molecule has 1 atom stereocenters. The largest absolute Gasteiger partial charge is 0.309 e. The van der Waals surface area contributed by atoms with E-state index in [1.54, 1.807) is 0 Å². The van der Waals surface area contributed by atoms with Gasteiger partial charge in [0.25, 0.3) is 0 Å². The van der Waals surface area contributed by atoms with Crippen LogP contribution in [0.1, 0.15) is 47.9 Å². The highest BCUT2D eigenvalue weighted by Gasteiger charge is 2.24. The maximum atomic E-state index is 3.48. The zero-order valence-electron chi connectivity index (χ0n) is 11.5. The molecule has 1 fully saturated rings. The molecule has 0 heterocycles. The lowest BCUT2D eigenvalue weighted by atomic mass is 9.76. The Morgan fingerprint density at radius 3 is 2.26 bits per heavy atom. The van der Waals surface area contributed by atoms with Crippen molar-refractivity contribution in [2.24, 2.45) is 0 Å². The van der Waals surface area contributed by atoms with Crippen molar-refractivity contribution in [1.29, 1.82) is 0 Å². The van der Waals surface area contributed by atoms with Crippen molar-refractivity contribution < 1.29 is 0 Å². The summed E-state index contributed by atoms with van der Waals surface area (Å²) in [6, 6.07) is 20.0. The van der Waals surface area contributed by atoms with Gasteiger partial charge in [0.15, 0.2) is 0 Å². The highest BCUT2D eigenvalue weighted by atomic mass is 14.9. The van der Waals surface area contributed by atoms with Crippen molar-refractivity contribution in [3.05, 3.63) is 71.3 Å². The zero-order valence-corrected chi connectivity index (χ0v) is 11.5. The van der Waals surface area contributed by atoms with E-state index in [1.807, 2.05) is 0 Å². The van der Waals surface area contributed by atoms with E-state index in [-0.39, 0.29) is 0 Å². The van der Waals surface area contributed by atoms with Crippen LogP contribution < -0.4 is 5.32 Å². The minimum Gasteiger partial charge on any atom is -0.309 e. The summed E-state index contributed by atoms with van der Waals surface area (Å²) < 4.78 is 0. The van der Waals surface area contributed by atoms with Crippen molar-refractivity contribution in [2.75, 3.05) is 7.05 Å². The van der Waals surface area contributed by atoms with Gasteiger partial charge < -0.3 is 5.32 Å². The van der Waals surface area contributed by atoms with Crippen LogP contribution in [0.15, 0.2) is 54.6 Å². The number of nitrogens with one attached hydrogen (secondary N) is 1. The molecule has 19 heavy (non-hydrogen) atoms. The third-order valence-corrected chi connectivity index (χ3v) is 4.27. The highest BCUT2D eigenvalue weighted by molar-refractivity contribution is 5.39. The normalized spacial score (nSPS) is 16.9. The van der Waals surface area contributed by atoms with Crippen LogP contribution in [0.5, 0.6) is 0 Å². The first-order chi connectivity index (χ1) is 9.40. The second-order valence-electron chi connectivity index (χ2n) is 5.39. The lowest BCUT2D eigenvalue weighted by Gasteiger charge is -2.30. The molecule has 1 nitrogen and oxygen atoms in total. The van der Waals surface area contributed by atoms with Crippen molar-refractivity contribution in [3.63, 3.8) is 0 Å². The van der Waals surface area contributed by atoms with Crippen molar-refractivity contribution in [2.45, 2.75) is 31.2 Å². The van der Waals surface area contributed by atoms with Gasteiger partial charge >= 0.3 is 0 Å². The Labute approximate surface area is 115 Å². The topological polar surface area (TPSA) is 12.0 Å². The molecule has 0 radical (unpaired) electrons. The van der Waals surface area contributed by atoms with Crippen LogP contribution in [0.4, 0.5) is 0 Å². The summed E-state index contributed by atoms with van der Waals surface area (Å²) in [6.45, 7) is 0. The van der Waals surface area contributed by atoms with Gasteiger partial charge in [0, 0.05) is 0 Å². The standard InChI is InChI=1S/C18H21N/c1-19-18(15-8-3-2-4-9-15)17-13-6-5-12-16(17)14-10-7-11-14/h2-6,8-9,12-14,18-19H,7,10-11H2,1H3. The van der Waals surface area contributed by atoms with Gasteiger partial charge in [0.1, 0.15) is 0 Å². The average Bonchev–Trinajstić information content (AvgIpc) is 2.41. The van der Waals surface area contributed by atoms with Crippen LogP contribution in [-0.4, -0.2) is 7.05 Å². The number of hydrogen-bond acceptors (Lipinski definition) is 1. The summed E-state index contributed by atoms with van der Waals surface area (Å²) in [6.07, 6.45) is 4.08. The molecule has 3 rings (SSSR count). The van der Waals surface area contributed by atoms with E-state index < -0.39 is 0 Å². The Morgan fingerprint density at radius 1 is 0.947 bits per heavy atom. The quantitative estimate of drug-likeness (QED) is 0.856. The molecule has 1 aliphatic carbocycles. The van der Waals surface area contributed by atoms with E-state index in [2.05, 4.69) is 67.0 Å². The van der Waals surface area contributed by atoms with Crippen molar-refractivity contribution >= 4 is 0 Å². The molecule has 0 amide bonds. The fourth-order valence-corrected chi connectivity index (χ4v) is 3.01. The Balaban J connectivity index is 1.99. The average molecular weight is 251 g/mol. The Morgan fingerprint density at radius 2 is 1.63 bits per heavy atom. The van der Waals surface area contributed by atoms with E-state index >= 15 is 0 Å². The van der Waals surface area contributed by atoms with E-state index in [0.717, 1.165) is 5.92 Å².